The summed E-state index contributed by atoms with van der Waals surface area (Å²) in [6.07, 6.45) is 0.459. The number of sulfonamides is 1. The molecule has 0 radical (unpaired) electrons. The normalized spacial score (nSPS) is 11.2. The molecular weight excluding hydrogens is 312 g/mol. The van der Waals surface area contributed by atoms with Gasteiger partial charge in [-0.3, -0.25) is 4.79 Å². The highest BCUT2D eigenvalue weighted by Gasteiger charge is 2.10. The Bertz CT molecular complexity index is 784. The topological polar surface area (TPSA) is 75.3 Å². The van der Waals surface area contributed by atoms with E-state index in [1.807, 2.05) is 31.2 Å². The molecule has 0 heterocycles. The summed E-state index contributed by atoms with van der Waals surface area (Å²) in [6, 6.07) is 14.5. The lowest BCUT2D eigenvalue weighted by Gasteiger charge is -2.08. The molecule has 0 bridgehead atoms. The third-order valence-electron chi connectivity index (χ3n) is 3.50. The van der Waals surface area contributed by atoms with Crippen LogP contribution in [-0.4, -0.2) is 21.4 Å². The smallest absolute Gasteiger partial charge is 0.240 e. The molecule has 0 aliphatic rings. The van der Waals surface area contributed by atoms with Crippen molar-refractivity contribution in [3.8, 4) is 11.1 Å². The molecule has 0 unspecified atom stereocenters. The van der Waals surface area contributed by atoms with Crippen LogP contribution in [0.1, 0.15) is 18.9 Å². The van der Waals surface area contributed by atoms with Gasteiger partial charge in [0.1, 0.15) is 0 Å². The fourth-order valence-corrected chi connectivity index (χ4v) is 2.86. The van der Waals surface area contributed by atoms with E-state index in [4.69, 9.17) is 0 Å². The van der Waals surface area contributed by atoms with Crippen molar-refractivity contribution in [2.75, 3.05) is 7.05 Å². The van der Waals surface area contributed by atoms with Crippen LogP contribution in [0.2, 0.25) is 0 Å². The molecule has 5 nitrogen and oxygen atoms in total. The summed E-state index contributed by atoms with van der Waals surface area (Å²) < 4.78 is 25.7. The van der Waals surface area contributed by atoms with Crippen molar-refractivity contribution in [3.63, 3.8) is 0 Å². The molecule has 0 aliphatic heterocycles. The monoisotopic (exact) mass is 332 g/mol. The van der Waals surface area contributed by atoms with Crippen molar-refractivity contribution in [2.24, 2.45) is 0 Å². The maximum absolute atomic E-state index is 11.7. The van der Waals surface area contributed by atoms with Gasteiger partial charge in [-0.05, 0) is 41.9 Å². The minimum absolute atomic E-state index is 0.0111. The number of amides is 1. The Kier molecular flexibility index (Phi) is 5.52. The molecule has 122 valence electrons. The van der Waals surface area contributed by atoms with Crippen molar-refractivity contribution < 1.29 is 13.2 Å². The van der Waals surface area contributed by atoms with Crippen molar-refractivity contribution in [1.82, 2.24) is 10.0 Å². The second kappa shape index (κ2) is 7.39. The summed E-state index contributed by atoms with van der Waals surface area (Å²) in [6.45, 7) is 2.29. The third kappa shape index (κ3) is 4.40. The van der Waals surface area contributed by atoms with Crippen molar-refractivity contribution in [2.45, 2.75) is 24.8 Å². The highest BCUT2D eigenvalue weighted by Crippen LogP contribution is 2.22. The Labute approximate surface area is 136 Å². The molecule has 1 amide bonds. The van der Waals surface area contributed by atoms with E-state index >= 15 is 0 Å². The van der Waals surface area contributed by atoms with Gasteiger partial charge in [0.15, 0.2) is 0 Å². The van der Waals surface area contributed by atoms with E-state index in [2.05, 4.69) is 10.0 Å². The van der Waals surface area contributed by atoms with Gasteiger partial charge in [0, 0.05) is 13.0 Å². The summed E-state index contributed by atoms with van der Waals surface area (Å²) in [5.74, 6) is 0.0111. The first kappa shape index (κ1) is 17.2. The zero-order chi connectivity index (χ0) is 16.9. The van der Waals surface area contributed by atoms with Crippen molar-refractivity contribution in [1.29, 1.82) is 0 Å². The highest BCUT2D eigenvalue weighted by molar-refractivity contribution is 7.89. The number of hydrogen-bond acceptors (Lipinski definition) is 3. The number of hydrogen-bond donors (Lipinski definition) is 2. The molecule has 0 spiro atoms. The van der Waals surface area contributed by atoms with Crippen molar-refractivity contribution >= 4 is 15.9 Å². The quantitative estimate of drug-likeness (QED) is 0.852. The van der Waals surface area contributed by atoms with Crippen molar-refractivity contribution in [3.05, 3.63) is 54.1 Å². The minimum Gasteiger partial charge on any atom is -0.352 e. The third-order valence-corrected chi connectivity index (χ3v) is 4.93. The van der Waals surface area contributed by atoms with Gasteiger partial charge in [0.05, 0.1) is 4.90 Å². The molecule has 0 aromatic heterocycles. The molecule has 0 aliphatic carbocycles. The lowest BCUT2D eigenvalue weighted by atomic mass is 10.0. The van der Waals surface area contributed by atoms with Crippen LogP contribution in [0.25, 0.3) is 11.1 Å². The fraction of sp³-hybridized carbons (Fsp3) is 0.235. The molecule has 2 rings (SSSR count). The fourth-order valence-electron chi connectivity index (χ4n) is 2.13. The molecule has 0 atom stereocenters. The Hall–Kier alpha value is -2.18. The average Bonchev–Trinajstić information content (AvgIpc) is 2.60. The first-order chi connectivity index (χ1) is 11.0. The van der Waals surface area contributed by atoms with Gasteiger partial charge < -0.3 is 5.32 Å². The molecule has 2 N–H and O–H groups in total. The van der Waals surface area contributed by atoms with Crippen LogP contribution in [0.3, 0.4) is 0 Å². The maximum Gasteiger partial charge on any atom is 0.240 e. The summed E-state index contributed by atoms with van der Waals surface area (Å²) >= 11 is 0. The summed E-state index contributed by atoms with van der Waals surface area (Å²) in [7, 11) is -2.04. The van der Waals surface area contributed by atoms with Gasteiger partial charge in [0.25, 0.3) is 0 Å². The van der Waals surface area contributed by atoms with Crippen LogP contribution >= 0.6 is 0 Å². The van der Waals surface area contributed by atoms with Crippen LogP contribution in [0.15, 0.2) is 53.4 Å². The summed E-state index contributed by atoms with van der Waals surface area (Å²) in [5.41, 5.74) is 2.89. The van der Waals surface area contributed by atoms with E-state index in [0.29, 0.717) is 13.0 Å². The van der Waals surface area contributed by atoms with Gasteiger partial charge in [0.2, 0.25) is 15.9 Å². The molecule has 23 heavy (non-hydrogen) atoms. The molecular formula is C17H20N2O3S. The Balaban J connectivity index is 2.20. The van der Waals surface area contributed by atoms with Gasteiger partial charge in [-0.2, -0.15) is 0 Å². The average molecular weight is 332 g/mol. The van der Waals surface area contributed by atoms with E-state index in [-0.39, 0.29) is 10.8 Å². The van der Waals surface area contributed by atoms with E-state index in [0.717, 1.165) is 16.7 Å². The van der Waals surface area contributed by atoms with Crippen LogP contribution in [-0.2, 0) is 21.4 Å². The van der Waals surface area contributed by atoms with E-state index < -0.39 is 10.0 Å². The van der Waals surface area contributed by atoms with E-state index in [9.17, 15) is 13.2 Å². The number of nitrogens with one attached hydrogen (secondary N) is 2. The molecule has 0 saturated heterocycles. The predicted molar refractivity (Wildman–Crippen MR) is 90.3 cm³/mol. The molecule has 6 heteroatoms. The standard InChI is InChI=1S/C17H20N2O3S/c1-3-17(20)19-12-13-5-4-6-15(11-13)14-7-9-16(10-8-14)23(21,22)18-2/h4-11,18H,3,12H2,1-2H3,(H,19,20). The lowest BCUT2D eigenvalue weighted by molar-refractivity contribution is -0.120. The molecule has 0 saturated carbocycles. The van der Waals surface area contributed by atoms with Gasteiger partial charge in [-0.1, -0.05) is 37.3 Å². The molecule has 2 aromatic rings. The predicted octanol–water partition coefficient (Wildman–Crippen LogP) is 2.29. The van der Waals surface area contributed by atoms with Gasteiger partial charge in [-0.15, -0.1) is 0 Å². The Morgan fingerprint density at radius 1 is 1.04 bits per heavy atom. The summed E-state index contributed by atoms with van der Waals surface area (Å²) in [4.78, 5) is 11.6. The molecule has 2 aromatic carbocycles. The Morgan fingerprint density at radius 3 is 2.35 bits per heavy atom. The number of rotatable bonds is 6. The van der Waals surface area contributed by atoms with Crippen LogP contribution in [0, 0.1) is 0 Å². The van der Waals surface area contributed by atoms with Crippen LogP contribution in [0.4, 0.5) is 0 Å². The number of carbonyl (C=O) groups excluding carboxylic acids is 1. The Morgan fingerprint density at radius 2 is 1.74 bits per heavy atom. The second-order valence-electron chi connectivity index (χ2n) is 5.06. The molecule has 0 fully saturated rings. The number of benzene rings is 2. The van der Waals surface area contributed by atoms with Crippen LogP contribution < -0.4 is 10.0 Å². The second-order valence-corrected chi connectivity index (χ2v) is 6.95. The zero-order valence-electron chi connectivity index (χ0n) is 13.2. The number of carbonyl (C=O) groups is 1. The van der Waals surface area contributed by atoms with E-state index in [1.54, 1.807) is 24.3 Å². The first-order valence-electron chi connectivity index (χ1n) is 7.36. The summed E-state index contributed by atoms with van der Waals surface area (Å²) in [5, 5.41) is 2.84. The highest BCUT2D eigenvalue weighted by atomic mass is 32.2. The first-order valence-corrected chi connectivity index (χ1v) is 8.84. The minimum atomic E-state index is -3.42. The maximum atomic E-state index is 11.7. The van der Waals surface area contributed by atoms with Gasteiger partial charge >= 0.3 is 0 Å². The van der Waals surface area contributed by atoms with E-state index in [1.165, 1.54) is 7.05 Å². The van der Waals surface area contributed by atoms with Crippen LogP contribution in [0.5, 0.6) is 0 Å². The largest absolute Gasteiger partial charge is 0.352 e. The lowest BCUT2D eigenvalue weighted by Crippen LogP contribution is -2.21. The van der Waals surface area contributed by atoms with Gasteiger partial charge in [-0.25, -0.2) is 13.1 Å². The SMILES string of the molecule is CCC(=O)NCc1cccc(-c2ccc(S(=O)(=O)NC)cc2)c1. The zero-order valence-corrected chi connectivity index (χ0v) is 14.0.